The number of rotatable bonds is 11. The molecule has 9 atom stereocenters. The molecule has 6 rings (SSSR count). The first-order valence-corrected chi connectivity index (χ1v) is 16.3. The van der Waals surface area contributed by atoms with Crippen LogP contribution in [0.2, 0.25) is 0 Å². The van der Waals surface area contributed by atoms with Crippen molar-refractivity contribution in [2.45, 2.75) is 103 Å². The van der Waals surface area contributed by atoms with Gasteiger partial charge in [0.05, 0.1) is 42.7 Å². The molecule has 9 unspecified atom stereocenters. The van der Waals surface area contributed by atoms with Gasteiger partial charge < -0.3 is 24.9 Å². The molecule has 4 aliphatic rings. The average Bonchev–Trinajstić information content (AvgIpc) is 3.76. The first kappa shape index (κ1) is 31.1. The molecule has 3 saturated carbocycles. The molecule has 8 nitrogen and oxygen atoms in total. The lowest BCUT2D eigenvalue weighted by Crippen LogP contribution is -2.52. The lowest BCUT2D eigenvalue weighted by Gasteiger charge is -2.31. The highest BCUT2D eigenvalue weighted by atomic mass is 19.3. The lowest BCUT2D eigenvalue weighted by atomic mass is 9.86. The van der Waals surface area contributed by atoms with Crippen LogP contribution < -0.4 is 15.2 Å². The second kappa shape index (κ2) is 11.5. The van der Waals surface area contributed by atoms with Crippen molar-refractivity contribution in [2.24, 2.45) is 40.7 Å². The Morgan fingerprint density at radius 2 is 1.98 bits per heavy atom. The van der Waals surface area contributed by atoms with Crippen molar-refractivity contribution in [3.05, 3.63) is 23.9 Å². The van der Waals surface area contributed by atoms with Crippen molar-refractivity contribution in [3.8, 4) is 11.6 Å². The zero-order valence-corrected chi connectivity index (χ0v) is 26.5. The normalized spacial score (nSPS) is 32.8. The maximum Gasteiger partial charge on any atom is 0.260 e. The molecule has 4 fully saturated rings. The Balaban J connectivity index is 1.28. The standard InChI is InChI=1S/C34H46F2N4O4/c1-6-21-26(17-41)40(32(42)30(37)33(2,3)4)16-27(21)44-31-29(38-24-13-12-20(43-5)15-25(24)39-31)28-23(34(28,35)36)9-7-8-18-10-11-19-14-22(18)19/h12-13,15,17-19,21-23,26-28,30H,6-11,14,16,37H2,1-5H3. The fourth-order valence-corrected chi connectivity index (χ4v) is 7.99. The third-order valence-corrected chi connectivity index (χ3v) is 11.0. The van der Waals surface area contributed by atoms with Crippen molar-refractivity contribution in [1.82, 2.24) is 14.9 Å². The van der Waals surface area contributed by atoms with Crippen LogP contribution in [0.1, 0.15) is 84.3 Å². The van der Waals surface area contributed by atoms with E-state index in [0.717, 1.165) is 31.0 Å². The van der Waals surface area contributed by atoms with E-state index in [1.807, 2.05) is 27.7 Å². The molecule has 240 valence electrons. The largest absolute Gasteiger partial charge is 0.497 e. The summed E-state index contributed by atoms with van der Waals surface area (Å²) in [5.74, 6) is -2.50. The summed E-state index contributed by atoms with van der Waals surface area (Å²) >= 11 is 0. The van der Waals surface area contributed by atoms with E-state index in [4.69, 9.17) is 25.2 Å². The minimum Gasteiger partial charge on any atom is -0.497 e. The van der Waals surface area contributed by atoms with E-state index in [1.54, 1.807) is 25.3 Å². The summed E-state index contributed by atoms with van der Waals surface area (Å²) in [6.45, 7) is 7.66. The van der Waals surface area contributed by atoms with Crippen LogP contribution in [0.5, 0.6) is 11.6 Å². The molecule has 1 aromatic carbocycles. The second-order valence-corrected chi connectivity index (χ2v) is 14.6. The summed E-state index contributed by atoms with van der Waals surface area (Å²) < 4.78 is 42.9. The Labute approximate surface area is 258 Å². The van der Waals surface area contributed by atoms with Crippen LogP contribution >= 0.6 is 0 Å². The number of amides is 1. The van der Waals surface area contributed by atoms with Crippen LogP contribution in [0.25, 0.3) is 11.0 Å². The maximum atomic E-state index is 15.5. The van der Waals surface area contributed by atoms with Gasteiger partial charge in [0.1, 0.15) is 23.8 Å². The predicted octanol–water partition coefficient (Wildman–Crippen LogP) is 5.76. The van der Waals surface area contributed by atoms with Gasteiger partial charge in [-0.05, 0) is 67.4 Å². The number of methoxy groups -OCH3 is 1. The molecule has 0 radical (unpaired) electrons. The van der Waals surface area contributed by atoms with Crippen LogP contribution in [0.4, 0.5) is 8.78 Å². The summed E-state index contributed by atoms with van der Waals surface area (Å²) in [4.78, 5) is 36.7. The zero-order chi connectivity index (χ0) is 31.6. The Morgan fingerprint density at radius 1 is 1.20 bits per heavy atom. The number of halogens is 2. The number of benzene rings is 1. The third kappa shape index (κ3) is 5.56. The van der Waals surface area contributed by atoms with Crippen LogP contribution in [-0.4, -0.2) is 64.8 Å². The number of aromatic nitrogens is 2. The van der Waals surface area contributed by atoms with Gasteiger partial charge in [-0.2, -0.15) is 0 Å². The molecule has 1 aromatic heterocycles. The number of fused-ring (bicyclic) bond motifs is 2. The molecule has 2 heterocycles. The average molecular weight is 613 g/mol. The number of alkyl halides is 2. The van der Waals surface area contributed by atoms with Crippen molar-refractivity contribution in [1.29, 1.82) is 0 Å². The first-order valence-electron chi connectivity index (χ1n) is 16.3. The molecule has 1 amide bonds. The van der Waals surface area contributed by atoms with Gasteiger partial charge in [-0.3, -0.25) is 4.79 Å². The molecule has 44 heavy (non-hydrogen) atoms. The molecule has 2 aromatic rings. The van der Waals surface area contributed by atoms with Gasteiger partial charge in [0.15, 0.2) is 0 Å². The van der Waals surface area contributed by atoms with Gasteiger partial charge in [-0.1, -0.05) is 40.5 Å². The van der Waals surface area contributed by atoms with E-state index >= 15 is 8.78 Å². The predicted molar refractivity (Wildman–Crippen MR) is 163 cm³/mol. The van der Waals surface area contributed by atoms with Gasteiger partial charge in [-0.25, -0.2) is 18.7 Å². The number of nitrogens with two attached hydrogens (primary N) is 1. The van der Waals surface area contributed by atoms with Gasteiger partial charge >= 0.3 is 0 Å². The Morgan fingerprint density at radius 3 is 2.59 bits per heavy atom. The number of hydrogen-bond acceptors (Lipinski definition) is 7. The summed E-state index contributed by atoms with van der Waals surface area (Å²) in [6.07, 6.45) is 6.76. The summed E-state index contributed by atoms with van der Waals surface area (Å²) in [5, 5.41) is 0. The van der Waals surface area contributed by atoms with E-state index in [9.17, 15) is 9.59 Å². The smallest absolute Gasteiger partial charge is 0.260 e. The lowest BCUT2D eigenvalue weighted by molar-refractivity contribution is -0.138. The number of carbonyl (C=O) groups is 2. The maximum absolute atomic E-state index is 15.5. The Kier molecular flexibility index (Phi) is 8.12. The van der Waals surface area contributed by atoms with Crippen LogP contribution in [0, 0.1) is 35.0 Å². The van der Waals surface area contributed by atoms with E-state index in [0.29, 0.717) is 35.5 Å². The Bertz CT molecular complexity index is 1410. The van der Waals surface area contributed by atoms with E-state index < -0.39 is 41.4 Å². The molecule has 3 aliphatic carbocycles. The highest BCUT2D eigenvalue weighted by Crippen LogP contribution is 2.65. The number of hydrogen-bond donors (Lipinski definition) is 1. The van der Waals surface area contributed by atoms with Gasteiger partial charge in [0, 0.05) is 17.9 Å². The Hall–Kier alpha value is -2.88. The fourth-order valence-electron chi connectivity index (χ4n) is 7.99. The zero-order valence-electron chi connectivity index (χ0n) is 26.5. The number of nitrogens with zero attached hydrogens (tertiary/aromatic N) is 3. The van der Waals surface area contributed by atoms with Gasteiger partial charge in [-0.15, -0.1) is 0 Å². The van der Waals surface area contributed by atoms with E-state index in [2.05, 4.69) is 0 Å². The number of likely N-dealkylation sites (tertiary alicyclic amines) is 1. The topological polar surface area (TPSA) is 108 Å². The highest BCUT2D eigenvalue weighted by molar-refractivity contribution is 5.86. The van der Waals surface area contributed by atoms with Crippen molar-refractivity contribution in [2.75, 3.05) is 13.7 Å². The van der Waals surface area contributed by atoms with Gasteiger partial charge in [0.25, 0.3) is 5.92 Å². The van der Waals surface area contributed by atoms with Gasteiger partial charge in [0.2, 0.25) is 11.8 Å². The highest BCUT2D eigenvalue weighted by Gasteiger charge is 2.70. The molecule has 1 saturated heterocycles. The van der Waals surface area contributed by atoms with Crippen molar-refractivity contribution in [3.63, 3.8) is 0 Å². The number of aldehydes is 1. The minimum atomic E-state index is -2.91. The van der Waals surface area contributed by atoms with E-state index in [-0.39, 0.29) is 29.9 Å². The molecule has 0 bridgehead atoms. The first-order chi connectivity index (χ1) is 20.9. The quantitative estimate of drug-likeness (QED) is 0.322. The number of ether oxygens (including phenoxy) is 2. The summed E-state index contributed by atoms with van der Waals surface area (Å²) in [5.41, 5.74) is 6.89. The minimum absolute atomic E-state index is 0.0389. The monoisotopic (exact) mass is 612 g/mol. The van der Waals surface area contributed by atoms with Crippen molar-refractivity contribution < 1.29 is 27.8 Å². The van der Waals surface area contributed by atoms with Crippen LogP contribution in [-0.2, 0) is 9.59 Å². The van der Waals surface area contributed by atoms with E-state index in [1.165, 1.54) is 24.2 Å². The second-order valence-electron chi connectivity index (χ2n) is 14.6. The molecular weight excluding hydrogens is 566 g/mol. The molecule has 0 spiro atoms. The number of carbonyl (C=O) groups excluding carboxylic acids is 2. The third-order valence-electron chi connectivity index (χ3n) is 11.0. The van der Waals surface area contributed by atoms with Crippen LogP contribution in [0.15, 0.2) is 18.2 Å². The SMILES string of the molecule is CCC1C(Oc2nc3cc(OC)ccc3nc2C2C(CCCC3CCC4CC34)C2(F)F)CN(C(=O)C(N)C(C)(C)C)C1C=O. The van der Waals surface area contributed by atoms with Crippen LogP contribution in [0.3, 0.4) is 0 Å². The summed E-state index contributed by atoms with van der Waals surface area (Å²) in [7, 11) is 1.54. The molecule has 2 N–H and O–H groups in total. The fraction of sp³-hybridized carbons (Fsp3) is 0.706. The molecule has 10 heteroatoms. The molecule has 1 aliphatic heterocycles. The summed E-state index contributed by atoms with van der Waals surface area (Å²) in [6, 6.07) is 3.60. The van der Waals surface area contributed by atoms with Crippen molar-refractivity contribution >= 4 is 23.2 Å². The molecular formula is C34H46F2N4O4.